The first kappa shape index (κ1) is 16.3. The number of nitrogens with two attached hydrogens (primary N) is 1. The second-order valence-electron chi connectivity index (χ2n) is 4.35. The van der Waals surface area contributed by atoms with E-state index in [1.54, 1.807) is 18.2 Å². The third kappa shape index (κ3) is 3.57. The van der Waals surface area contributed by atoms with Gasteiger partial charge in [0.15, 0.2) is 0 Å². The van der Waals surface area contributed by atoms with E-state index < -0.39 is 10.0 Å². The summed E-state index contributed by atoms with van der Waals surface area (Å²) in [6.45, 7) is 1.92. The summed E-state index contributed by atoms with van der Waals surface area (Å²) in [6, 6.07) is 10.1. The molecular formula is C13H13Br2N3O2S. The quantitative estimate of drug-likeness (QED) is 0.506. The molecule has 4 N–H and O–H groups in total. The Morgan fingerprint density at radius 3 is 2.24 bits per heavy atom. The summed E-state index contributed by atoms with van der Waals surface area (Å²) >= 11 is 6.72. The maximum atomic E-state index is 12.5. The van der Waals surface area contributed by atoms with Crippen LogP contribution in [0.2, 0.25) is 0 Å². The van der Waals surface area contributed by atoms with Crippen LogP contribution in [0.5, 0.6) is 0 Å². The summed E-state index contributed by atoms with van der Waals surface area (Å²) in [5.41, 5.74) is 4.14. The van der Waals surface area contributed by atoms with Gasteiger partial charge in [-0.15, -0.1) is 0 Å². The minimum atomic E-state index is -3.77. The third-order valence-electron chi connectivity index (χ3n) is 2.75. The van der Waals surface area contributed by atoms with Gasteiger partial charge in [-0.05, 0) is 68.6 Å². The number of nitrogens with one attached hydrogen (secondary N) is 2. The number of rotatable bonds is 4. The molecule has 2 aromatic rings. The van der Waals surface area contributed by atoms with Crippen molar-refractivity contribution < 1.29 is 8.42 Å². The monoisotopic (exact) mass is 433 g/mol. The van der Waals surface area contributed by atoms with Crippen molar-refractivity contribution in [3.8, 4) is 0 Å². The first-order valence-corrected chi connectivity index (χ1v) is 8.96. The zero-order chi connectivity index (χ0) is 15.6. The number of para-hydroxylation sites is 1. The van der Waals surface area contributed by atoms with Crippen LogP contribution in [-0.4, -0.2) is 8.42 Å². The van der Waals surface area contributed by atoms with Gasteiger partial charge in [0, 0.05) is 8.95 Å². The van der Waals surface area contributed by atoms with E-state index >= 15 is 0 Å². The summed E-state index contributed by atoms with van der Waals surface area (Å²) < 4.78 is 28.9. The van der Waals surface area contributed by atoms with Gasteiger partial charge in [0.05, 0.1) is 11.4 Å². The van der Waals surface area contributed by atoms with Gasteiger partial charge < -0.3 is 5.43 Å². The lowest BCUT2D eigenvalue weighted by atomic mass is 10.2. The Balaban J connectivity index is 2.48. The van der Waals surface area contributed by atoms with Crippen molar-refractivity contribution in [2.45, 2.75) is 11.8 Å². The van der Waals surface area contributed by atoms with E-state index in [0.29, 0.717) is 20.3 Å². The van der Waals surface area contributed by atoms with Gasteiger partial charge in [0.1, 0.15) is 4.90 Å². The molecular weight excluding hydrogens is 422 g/mol. The number of hydrazine groups is 1. The van der Waals surface area contributed by atoms with E-state index in [0.717, 1.165) is 5.56 Å². The lowest BCUT2D eigenvalue weighted by molar-refractivity contribution is 0.601. The van der Waals surface area contributed by atoms with Crippen molar-refractivity contribution >= 4 is 53.3 Å². The molecule has 0 radical (unpaired) electrons. The van der Waals surface area contributed by atoms with Crippen LogP contribution in [0, 0.1) is 6.92 Å². The number of hydrogen-bond donors (Lipinski definition) is 3. The molecule has 2 aromatic carbocycles. The molecule has 0 spiro atoms. The molecule has 0 aliphatic carbocycles. The molecule has 8 heteroatoms. The molecule has 0 saturated heterocycles. The number of halogens is 2. The summed E-state index contributed by atoms with van der Waals surface area (Å²) in [7, 11) is -3.77. The van der Waals surface area contributed by atoms with Crippen molar-refractivity contribution in [2.75, 3.05) is 10.1 Å². The Labute approximate surface area is 140 Å². The number of hydrogen-bond acceptors (Lipinski definition) is 4. The van der Waals surface area contributed by atoms with Crippen molar-refractivity contribution in [3.63, 3.8) is 0 Å². The molecule has 5 nitrogen and oxygen atoms in total. The van der Waals surface area contributed by atoms with Crippen LogP contribution in [0.15, 0.2) is 50.2 Å². The molecule has 0 bridgehead atoms. The Kier molecular flexibility index (Phi) is 4.92. The summed E-state index contributed by atoms with van der Waals surface area (Å²) in [6.07, 6.45) is 0. The van der Waals surface area contributed by atoms with Crippen molar-refractivity contribution in [1.29, 1.82) is 0 Å². The number of sulfonamides is 1. The zero-order valence-electron chi connectivity index (χ0n) is 11.0. The van der Waals surface area contributed by atoms with Crippen LogP contribution in [0.4, 0.5) is 11.4 Å². The second-order valence-corrected chi connectivity index (χ2v) is 7.71. The Morgan fingerprint density at radius 1 is 1.10 bits per heavy atom. The molecule has 0 unspecified atom stereocenters. The summed E-state index contributed by atoms with van der Waals surface area (Å²) in [5.74, 6) is 5.36. The van der Waals surface area contributed by atoms with Crippen LogP contribution < -0.4 is 16.0 Å². The minimum Gasteiger partial charge on any atom is -0.323 e. The fourth-order valence-corrected chi connectivity index (χ4v) is 4.96. The van der Waals surface area contributed by atoms with Crippen LogP contribution in [0.3, 0.4) is 0 Å². The first-order chi connectivity index (χ1) is 9.85. The van der Waals surface area contributed by atoms with Crippen molar-refractivity contribution in [1.82, 2.24) is 0 Å². The fourth-order valence-electron chi connectivity index (χ4n) is 1.81. The minimum absolute atomic E-state index is 0.0758. The average Bonchev–Trinajstić information content (AvgIpc) is 2.43. The van der Waals surface area contributed by atoms with E-state index in [1.807, 2.05) is 19.1 Å². The van der Waals surface area contributed by atoms with E-state index in [1.165, 1.54) is 6.07 Å². The highest BCUT2D eigenvalue weighted by atomic mass is 79.9. The predicted octanol–water partition coefficient (Wildman–Crippen LogP) is 3.61. The van der Waals surface area contributed by atoms with Gasteiger partial charge in [-0.2, -0.15) is 0 Å². The van der Waals surface area contributed by atoms with Gasteiger partial charge in [-0.3, -0.25) is 10.6 Å². The van der Waals surface area contributed by atoms with Gasteiger partial charge in [-0.25, -0.2) is 8.42 Å². The lowest BCUT2D eigenvalue weighted by Crippen LogP contribution is -2.18. The molecule has 21 heavy (non-hydrogen) atoms. The highest BCUT2D eigenvalue weighted by molar-refractivity contribution is 9.11. The van der Waals surface area contributed by atoms with Crippen LogP contribution in [0.25, 0.3) is 0 Å². The van der Waals surface area contributed by atoms with Gasteiger partial charge >= 0.3 is 0 Å². The van der Waals surface area contributed by atoms with Crippen molar-refractivity contribution in [2.24, 2.45) is 5.84 Å². The van der Waals surface area contributed by atoms with E-state index in [2.05, 4.69) is 42.0 Å². The highest BCUT2D eigenvalue weighted by Crippen LogP contribution is 2.34. The van der Waals surface area contributed by atoms with Crippen molar-refractivity contribution in [3.05, 3.63) is 50.9 Å². The second kappa shape index (κ2) is 6.35. The first-order valence-electron chi connectivity index (χ1n) is 5.89. The van der Waals surface area contributed by atoms with Gasteiger partial charge in [-0.1, -0.05) is 12.1 Å². The van der Waals surface area contributed by atoms with Gasteiger partial charge in [0.2, 0.25) is 0 Å². The van der Waals surface area contributed by atoms with Crippen LogP contribution in [0.1, 0.15) is 5.56 Å². The Hall–Kier alpha value is -1.09. The number of nitrogen functional groups attached to an aromatic ring is 1. The molecule has 0 amide bonds. The smallest absolute Gasteiger partial charge is 0.264 e. The molecule has 0 saturated carbocycles. The molecule has 0 aromatic heterocycles. The predicted molar refractivity (Wildman–Crippen MR) is 91.6 cm³/mol. The standard InChI is InChI=1S/C13H13Br2N3O2S/c1-8-6-9(14)13(10(15)7-8)18-21(19,20)12-5-3-2-4-11(12)17-16/h2-7,17-18H,16H2,1H3. The highest BCUT2D eigenvalue weighted by Gasteiger charge is 2.20. The maximum Gasteiger partial charge on any atom is 0.264 e. The van der Waals surface area contributed by atoms with Gasteiger partial charge in [0.25, 0.3) is 10.0 Å². The molecule has 0 atom stereocenters. The van der Waals surface area contributed by atoms with E-state index in [-0.39, 0.29) is 4.90 Å². The van der Waals surface area contributed by atoms with E-state index in [4.69, 9.17) is 5.84 Å². The Bertz CT molecular complexity index is 756. The van der Waals surface area contributed by atoms with Crippen LogP contribution >= 0.6 is 31.9 Å². The molecule has 112 valence electrons. The number of anilines is 2. The van der Waals surface area contributed by atoms with E-state index in [9.17, 15) is 8.42 Å². The van der Waals surface area contributed by atoms with Crippen LogP contribution in [-0.2, 0) is 10.0 Å². The Morgan fingerprint density at radius 2 is 1.67 bits per heavy atom. The average molecular weight is 435 g/mol. The number of benzene rings is 2. The largest absolute Gasteiger partial charge is 0.323 e. The summed E-state index contributed by atoms with van der Waals surface area (Å²) in [4.78, 5) is 0.0758. The molecule has 0 heterocycles. The molecule has 0 aliphatic rings. The molecule has 2 rings (SSSR count). The third-order valence-corrected chi connectivity index (χ3v) is 5.41. The molecule has 0 fully saturated rings. The zero-order valence-corrected chi connectivity index (χ0v) is 15.0. The number of aryl methyl sites for hydroxylation is 1. The topological polar surface area (TPSA) is 84.2 Å². The maximum absolute atomic E-state index is 12.5. The fraction of sp³-hybridized carbons (Fsp3) is 0.0769. The SMILES string of the molecule is Cc1cc(Br)c(NS(=O)(=O)c2ccccc2NN)c(Br)c1. The normalized spacial score (nSPS) is 11.2. The summed E-state index contributed by atoms with van der Waals surface area (Å²) in [5, 5.41) is 0. The lowest BCUT2D eigenvalue weighted by Gasteiger charge is -2.14. The molecule has 0 aliphatic heterocycles.